The number of amides is 1. The fourth-order valence-electron chi connectivity index (χ4n) is 3.65. The number of ether oxygens (including phenoxy) is 1. The molecule has 0 saturated carbocycles. The van der Waals surface area contributed by atoms with E-state index in [4.69, 9.17) is 10.5 Å². The minimum atomic E-state index is -3.38. The minimum Gasteiger partial charge on any atom is -0.490 e. The van der Waals surface area contributed by atoms with Crippen LogP contribution in [0.4, 0.5) is 11.5 Å². The van der Waals surface area contributed by atoms with Gasteiger partial charge in [0.1, 0.15) is 18.2 Å². The van der Waals surface area contributed by atoms with Crippen LogP contribution in [0.3, 0.4) is 0 Å². The summed E-state index contributed by atoms with van der Waals surface area (Å²) in [4.78, 5) is 19.5. The normalized spacial score (nSPS) is 18.4. The van der Waals surface area contributed by atoms with E-state index >= 15 is 0 Å². The maximum atomic E-state index is 12.9. The van der Waals surface area contributed by atoms with Gasteiger partial charge in [-0.1, -0.05) is 6.07 Å². The van der Waals surface area contributed by atoms with E-state index in [9.17, 15) is 13.9 Å². The van der Waals surface area contributed by atoms with Gasteiger partial charge in [-0.3, -0.25) is 18.6 Å². The van der Waals surface area contributed by atoms with Crippen LogP contribution in [0.15, 0.2) is 40.9 Å². The maximum Gasteiger partial charge on any atom is 0.252 e. The molecule has 178 valence electrons. The molecule has 0 atom stereocenters. The van der Waals surface area contributed by atoms with Gasteiger partial charge in [0, 0.05) is 37.9 Å². The summed E-state index contributed by atoms with van der Waals surface area (Å²) < 4.78 is 31.9. The highest BCUT2D eigenvalue weighted by Gasteiger charge is 2.27. The molecule has 1 aromatic carbocycles. The third-order valence-electron chi connectivity index (χ3n) is 5.24. The third kappa shape index (κ3) is 5.47. The van der Waals surface area contributed by atoms with Gasteiger partial charge >= 0.3 is 0 Å². The van der Waals surface area contributed by atoms with Crippen LogP contribution in [-0.2, 0) is 0 Å². The Hall–Kier alpha value is -3.06. The smallest absolute Gasteiger partial charge is 0.252 e. The fraction of sp³-hybridized carbons (Fsp3) is 0.381. The molecule has 0 bridgehead atoms. The van der Waals surface area contributed by atoms with Crippen LogP contribution >= 0.6 is 11.0 Å². The van der Waals surface area contributed by atoms with E-state index in [0.29, 0.717) is 22.6 Å². The van der Waals surface area contributed by atoms with Crippen LogP contribution in [0.25, 0.3) is 0 Å². The predicted octanol–water partition coefficient (Wildman–Crippen LogP) is 1.79. The molecule has 33 heavy (non-hydrogen) atoms. The molecule has 2 aromatic rings. The molecule has 2 aliphatic heterocycles. The molecule has 4 rings (SSSR count). The van der Waals surface area contributed by atoms with E-state index in [1.807, 2.05) is 13.8 Å². The number of hydrogen-bond donors (Lipinski definition) is 6. The summed E-state index contributed by atoms with van der Waals surface area (Å²) >= 11 is 0. The molecule has 1 saturated heterocycles. The molecule has 0 aliphatic carbocycles. The lowest BCUT2D eigenvalue weighted by molar-refractivity contribution is 0.0880. The third-order valence-corrected chi connectivity index (χ3v) is 6.19. The summed E-state index contributed by atoms with van der Waals surface area (Å²) in [6.45, 7) is 7.31. The number of nitrogens with zero attached hydrogens (tertiary/aromatic N) is 3. The van der Waals surface area contributed by atoms with Crippen molar-refractivity contribution in [2.75, 3.05) is 42.4 Å². The standard InChI is InChI=1S/C21H29N7O4S/c1-21(2,13-32-16-5-3-4-15-18(16)19(22)27-33(30,31)26-15)25-20(29)14-6-7-24-17(12-14)28-10-8-23-9-11-28/h3-7,12,23,26,30-31H,8-11,13H2,1-2H3,(H2,22,27)(H,25,29). The number of benzene rings is 1. The summed E-state index contributed by atoms with van der Waals surface area (Å²) in [6, 6.07) is 8.55. The number of aromatic nitrogens is 1. The van der Waals surface area contributed by atoms with Crippen LogP contribution in [0.5, 0.6) is 5.75 Å². The number of nitrogens with one attached hydrogen (secondary N) is 3. The van der Waals surface area contributed by atoms with E-state index in [1.165, 1.54) is 0 Å². The number of piperazine rings is 1. The summed E-state index contributed by atoms with van der Waals surface area (Å²) in [5.74, 6) is 0.943. The highest BCUT2D eigenvalue weighted by atomic mass is 32.3. The van der Waals surface area contributed by atoms with Crippen LogP contribution in [-0.4, -0.2) is 64.2 Å². The Labute approximate surface area is 194 Å². The molecular weight excluding hydrogens is 446 g/mol. The molecule has 1 aromatic heterocycles. The van der Waals surface area contributed by atoms with E-state index in [0.717, 1.165) is 32.0 Å². The molecule has 0 spiro atoms. The molecule has 2 aliphatic rings. The zero-order chi connectivity index (χ0) is 23.6. The number of carbonyl (C=O) groups is 1. The van der Waals surface area contributed by atoms with Gasteiger partial charge in [-0.05, 0) is 49.1 Å². The number of rotatable bonds is 6. The van der Waals surface area contributed by atoms with Crippen molar-refractivity contribution in [2.45, 2.75) is 19.4 Å². The molecule has 3 heterocycles. The van der Waals surface area contributed by atoms with Crippen LogP contribution in [0, 0.1) is 0 Å². The molecule has 0 unspecified atom stereocenters. The average Bonchev–Trinajstić information content (AvgIpc) is 2.77. The van der Waals surface area contributed by atoms with Crippen LogP contribution in [0.2, 0.25) is 0 Å². The van der Waals surface area contributed by atoms with Crippen molar-refractivity contribution >= 4 is 34.2 Å². The minimum absolute atomic E-state index is 0.0292. The van der Waals surface area contributed by atoms with Gasteiger partial charge in [0.25, 0.3) is 5.91 Å². The largest absolute Gasteiger partial charge is 0.490 e. The first kappa shape index (κ1) is 23.1. The lowest BCUT2D eigenvalue weighted by Crippen LogP contribution is -2.48. The highest BCUT2D eigenvalue weighted by Crippen LogP contribution is 2.46. The van der Waals surface area contributed by atoms with E-state index in [2.05, 4.69) is 29.6 Å². The molecular formula is C21H29N7O4S. The van der Waals surface area contributed by atoms with Gasteiger partial charge in [-0.15, -0.1) is 4.40 Å². The number of anilines is 2. The Balaban J connectivity index is 1.43. The van der Waals surface area contributed by atoms with Crippen molar-refractivity contribution in [3.8, 4) is 5.75 Å². The Kier molecular flexibility index (Phi) is 6.34. The fourth-order valence-corrected chi connectivity index (χ4v) is 4.53. The Morgan fingerprint density at radius 1 is 1.30 bits per heavy atom. The van der Waals surface area contributed by atoms with Crippen molar-refractivity contribution in [2.24, 2.45) is 10.1 Å². The quantitative estimate of drug-likeness (QED) is 0.366. The van der Waals surface area contributed by atoms with Crippen molar-refractivity contribution in [1.82, 2.24) is 15.6 Å². The predicted molar refractivity (Wildman–Crippen MR) is 130 cm³/mol. The molecule has 1 amide bonds. The molecule has 11 nitrogen and oxygen atoms in total. The summed E-state index contributed by atoms with van der Waals surface area (Å²) in [6.07, 6.45) is 1.64. The Bertz CT molecular complexity index is 1070. The van der Waals surface area contributed by atoms with E-state index in [-0.39, 0.29) is 18.3 Å². The lowest BCUT2D eigenvalue weighted by atomic mass is 10.1. The van der Waals surface area contributed by atoms with Gasteiger partial charge in [0.2, 0.25) is 0 Å². The topological polar surface area (TPSA) is 157 Å². The SMILES string of the molecule is CC(C)(COc1cccc2c1C(N)=NS(O)(O)N2)NC(=O)c1ccnc(N2CCNCC2)c1. The number of pyridine rings is 1. The van der Waals surface area contributed by atoms with Crippen molar-refractivity contribution in [3.63, 3.8) is 0 Å². The van der Waals surface area contributed by atoms with Gasteiger partial charge in [0.15, 0.2) is 5.84 Å². The highest BCUT2D eigenvalue weighted by molar-refractivity contribution is 8.24. The molecule has 0 radical (unpaired) electrons. The number of nitrogens with two attached hydrogens (primary N) is 1. The lowest BCUT2D eigenvalue weighted by Gasteiger charge is -2.34. The van der Waals surface area contributed by atoms with Crippen molar-refractivity contribution in [1.29, 1.82) is 0 Å². The van der Waals surface area contributed by atoms with E-state index < -0.39 is 16.5 Å². The number of amidine groups is 1. The van der Waals surface area contributed by atoms with Gasteiger partial charge in [-0.2, -0.15) is 0 Å². The molecule has 12 heteroatoms. The van der Waals surface area contributed by atoms with Gasteiger partial charge in [-0.25, -0.2) is 4.98 Å². The second-order valence-corrected chi connectivity index (χ2v) is 9.97. The second kappa shape index (κ2) is 9.06. The van der Waals surface area contributed by atoms with Crippen LogP contribution < -0.4 is 30.7 Å². The molecule has 1 fully saturated rings. The monoisotopic (exact) mass is 475 g/mol. The number of fused-ring (bicyclic) bond motifs is 1. The molecule has 7 N–H and O–H groups in total. The maximum absolute atomic E-state index is 12.9. The average molecular weight is 476 g/mol. The first-order chi connectivity index (χ1) is 15.6. The van der Waals surface area contributed by atoms with Crippen LogP contribution in [0.1, 0.15) is 29.8 Å². The van der Waals surface area contributed by atoms with Crippen molar-refractivity contribution < 1.29 is 18.6 Å². The van der Waals surface area contributed by atoms with Gasteiger partial charge in [0.05, 0.1) is 16.8 Å². The Morgan fingerprint density at radius 3 is 2.82 bits per heavy atom. The number of carbonyl (C=O) groups excluding carboxylic acids is 1. The second-order valence-electron chi connectivity index (χ2n) is 8.54. The van der Waals surface area contributed by atoms with Gasteiger partial charge < -0.3 is 26.0 Å². The zero-order valence-electron chi connectivity index (χ0n) is 18.5. The van der Waals surface area contributed by atoms with E-state index in [1.54, 1.807) is 36.5 Å². The summed E-state index contributed by atoms with van der Waals surface area (Å²) in [5.41, 5.74) is 6.61. The number of hydrogen-bond acceptors (Lipinski definition) is 10. The van der Waals surface area contributed by atoms with Crippen molar-refractivity contribution in [3.05, 3.63) is 47.7 Å². The Morgan fingerprint density at radius 2 is 2.06 bits per heavy atom. The summed E-state index contributed by atoms with van der Waals surface area (Å²) in [5, 5.41) is 6.30. The zero-order valence-corrected chi connectivity index (χ0v) is 19.4. The summed E-state index contributed by atoms with van der Waals surface area (Å²) in [7, 11) is -3.38. The first-order valence-corrected chi connectivity index (χ1v) is 12.1. The first-order valence-electron chi connectivity index (χ1n) is 10.6.